The monoisotopic (exact) mass is 370 g/mol. The van der Waals surface area contributed by atoms with Crippen molar-refractivity contribution in [1.29, 1.82) is 0 Å². The van der Waals surface area contributed by atoms with Crippen LogP contribution < -0.4 is 10.5 Å². The average Bonchev–Trinajstić information content (AvgIpc) is 2.42. The molecule has 2 aromatic rings. The van der Waals surface area contributed by atoms with Crippen LogP contribution in [0.4, 0.5) is 5.69 Å². The summed E-state index contributed by atoms with van der Waals surface area (Å²) in [5, 5.41) is 9.35. The van der Waals surface area contributed by atoms with Crippen LogP contribution in [0.1, 0.15) is 18.5 Å². The zero-order valence-corrected chi connectivity index (χ0v) is 13.6. The third kappa shape index (κ3) is 3.75. The SMILES string of the molecule is C[C@H](NS(=O)(=O)c1ccc(O)c(N)c1)c1ccc(Br)cc1. The molecule has 0 spiro atoms. The summed E-state index contributed by atoms with van der Waals surface area (Å²) in [5.41, 5.74) is 6.39. The average molecular weight is 371 g/mol. The van der Waals surface area contributed by atoms with Gasteiger partial charge in [0.05, 0.1) is 10.6 Å². The summed E-state index contributed by atoms with van der Waals surface area (Å²) < 4.78 is 28.1. The van der Waals surface area contributed by atoms with Crippen molar-refractivity contribution in [3.63, 3.8) is 0 Å². The van der Waals surface area contributed by atoms with Crippen LogP contribution in [-0.4, -0.2) is 13.5 Å². The van der Waals surface area contributed by atoms with E-state index in [1.807, 2.05) is 24.3 Å². The standard InChI is InChI=1S/C14H15BrN2O3S/c1-9(10-2-4-11(15)5-3-10)17-21(19,20)12-6-7-14(18)13(16)8-12/h2-9,17-18H,16H2,1H3/t9-/m0/s1. The molecule has 2 aromatic carbocycles. The van der Waals surface area contributed by atoms with E-state index in [1.165, 1.54) is 18.2 Å². The second-order valence-electron chi connectivity index (χ2n) is 4.62. The van der Waals surface area contributed by atoms with Gasteiger partial charge in [-0.15, -0.1) is 0 Å². The van der Waals surface area contributed by atoms with Crippen LogP contribution in [0, 0.1) is 0 Å². The number of hydrogen-bond acceptors (Lipinski definition) is 4. The minimum absolute atomic E-state index is 0.0155. The Kier molecular flexibility index (Phi) is 4.55. The first kappa shape index (κ1) is 15.8. The van der Waals surface area contributed by atoms with Gasteiger partial charge in [0.15, 0.2) is 0 Å². The molecule has 7 heteroatoms. The number of rotatable bonds is 4. The number of sulfonamides is 1. The molecule has 2 rings (SSSR count). The number of anilines is 1. The highest BCUT2D eigenvalue weighted by atomic mass is 79.9. The van der Waals surface area contributed by atoms with Gasteiger partial charge in [-0.25, -0.2) is 13.1 Å². The first-order chi connectivity index (χ1) is 9.79. The Morgan fingerprint density at radius 3 is 2.38 bits per heavy atom. The van der Waals surface area contributed by atoms with Crippen LogP contribution in [0.2, 0.25) is 0 Å². The maximum Gasteiger partial charge on any atom is 0.241 e. The quantitative estimate of drug-likeness (QED) is 0.569. The lowest BCUT2D eigenvalue weighted by atomic mass is 10.1. The van der Waals surface area contributed by atoms with Crippen LogP contribution in [0.25, 0.3) is 0 Å². The molecule has 0 bridgehead atoms. The maximum atomic E-state index is 12.3. The Bertz CT molecular complexity index is 745. The Morgan fingerprint density at radius 2 is 1.81 bits per heavy atom. The normalized spacial score (nSPS) is 13.0. The van der Waals surface area contributed by atoms with Gasteiger partial charge in [-0.3, -0.25) is 0 Å². The summed E-state index contributed by atoms with van der Waals surface area (Å²) in [5.74, 6) is -0.144. The number of nitrogens with two attached hydrogens (primary N) is 1. The summed E-state index contributed by atoms with van der Waals surface area (Å²) in [6.45, 7) is 1.75. The predicted octanol–water partition coefficient (Wildman–Crippen LogP) is 2.78. The third-order valence-electron chi connectivity index (χ3n) is 3.01. The summed E-state index contributed by atoms with van der Waals surface area (Å²) >= 11 is 3.33. The number of benzene rings is 2. The lowest BCUT2D eigenvalue weighted by Gasteiger charge is -2.15. The van der Waals surface area contributed by atoms with Crippen LogP contribution in [0.3, 0.4) is 0 Å². The highest BCUT2D eigenvalue weighted by molar-refractivity contribution is 9.10. The van der Waals surface area contributed by atoms with E-state index in [1.54, 1.807) is 6.92 Å². The van der Waals surface area contributed by atoms with Crippen molar-refractivity contribution in [2.24, 2.45) is 0 Å². The largest absolute Gasteiger partial charge is 0.506 e. The molecule has 0 aliphatic carbocycles. The minimum atomic E-state index is -3.71. The first-order valence-corrected chi connectivity index (χ1v) is 8.43. The molecule has 0 fully saturated rings. The van der Waals surface area contributed by atoms with E-state index in [4.69, 9.17) is 5.73 Å². The van der Waals surface area contributed by atoms with E-state index in [2.05, 4.69) is 20.7 Å². The number of aromatic hydroxyl groups is 1. The van der Waals surface area contributed by atoms with Crippen LogP contribution >= 0.6 is 15.9 Å². The van der Waals surface area contributed by atoms with Gasteiger partial charge in [0.2, 0.25) is 10.0 Å². The number of hydrogen-bond donors (Lipinski definition) is 3. The molecule has 0 heterocycles. The first-order valence-electron chi connectivity index (χ1n) is 6.16. The lowest BCUT2D eigenvalue weighted by Crippen LogP contribution is -2.26. The minimum Gasteiger partial charge on any atom is -0.506 e. The predicted molar refractivity (Wildman–Crippen MR) is 85.4 cm³/mol. The smallest absolute Gasteiger partial charge is 0.241 e. The Balaban J connectivity index is 2.24. The van der Waals surface area contributed by atoms with Crippen LogP contribution in [0.15, 0.2) is 51.8 Å². The maximum absolute atomic E-state index is 12.3. The van der Waals surface area contributed by atoms with Crippen molar-refractivity contribution >= 4 is 31.6 Å². The molecule has 0 saturated heterocycles. The Labute approximate surface area is 132 Å². The fourth-order valence-corrected chi connectivity index (χ4v) is 3.35. The van der Waals surface area contributed by atoms with E-state index in [9.17, 15) is 13.5 Å². The summed E-state index contributed by atoms with van der Waals surface area (Å²) in [7, 11) is -3.71. The fraction of sp³-hybridized carbons (Fsp3) is 0.143. The van der Waals surface area contributed by atoms with Gasteiger partial charge < -0.3 is 10.8 Å². The number of phenols is 1. The molecule has 0 saturated carbocycles. The molecule has 0 aliphatic rings. The second-order valence-corrected chi connectivity index (χ2v) is 7.24. The van der Waals surface area contributed by atoms with Gasteiger partial charge in [0, 0.05) is 10.5 Å². The van der Waals surface area contributed by atoms with Crippen molar-refractivity contribution in [2.45, 2.75) is 17.9 Å². The summed E-state index contributed by atoms with van der Waals surface area (Å²) in [4.78, 5) is 0.0155. The molecule has 0 amide bonds. The van der Waals surface area contributed by atoms with Gasteiger partial charge in [0.1, 0.15) is 5.75 Å². The molecular formula is C14H15BrN2O3S. The van der Waals surface area contributed by atoms with Gasteiger partial charge in [-0.2, -0.15) is 0 Å². The van der Waals surface area contributed by atoms with Gasteiger partial charge in [-0.1, -0.05) is 28.1 Å². The highest BCUT2D eigenvalue weighted by Crippen LogP contribution is 2.24. The van der Waals surface area contributed by atoms with Crippen molar-refractivity contribution in [2.75, 3.05) is 5.73 Å². The molecule has 112 valence electrons. The third-order valence-corrected chi connectivity index (χ3v) is 5.08. The number of halogens is 1. The Hall–Kier alpha value is -1.57. The lowest BCUT2D eigenvalue weighted by molar-refractivity contribution is 0.477. The van der Waals surface area contributed by atoms with Crippen molar-refractivity contribution < 1.29 is 13.5 Å². The van der Waals surface area contributed by atoms with E-state index >= 15 is 0 Å². The second kappa shape index (κ2) is 6.05. The molecule has 0 radical (unpaired) electrons. The van der Waals surface area contributed by atoms with Gasteiger partial charge >= 0.3 is 0 Å². The highest BCUT2D eigenvalue weighted by Gasteiger charge is 2.19. The van der Waals surface area contributed by atoms with E-state index in [0.29, 0.717) is 0 Å². The zero-order chi connectivity index (χ0) is 15.6. The van der Waals surface area contributed by atoms with Crippen molar-refractivity contribution in [3.8, 4) is 5.75 Å². The number of phenolic OH excluding ortho intramolecular Hbond substituents is 1. The number of nitrogens with one attached hydrogen (secondary N) is 1. The van der Waals surface area contributed by atoms with E-state index in [-0.39, 0.29) is 16.3 Å². The van der Waals surface area contributed by atoms with Crippen molar-refractivity contribution in [1.82, 2.24) is 4.72 Å². The summed E-state index contributed by atoms with van der Waals surface area (Å²) in [6, 6.07) is 10.8. The molecular weight excluding hydrogens is 356 g/mol. The van der Waals surface area contributed by atoms with Gasteiger partial charge in [-0.05, 0) is 42.8 Å². The van der Waals surface area contributed by atoms with Crippen molar-refractivity contribution in [3.05, 3.63) is 52.5 Å². The molecule has 5 nitrogen and oxygen atoms in total. The molecule has 0 aromatic heterocycles. The molecule has 0 unspecified atom stereocenters. The molecule has 4 N–H and O–H groups in total. The van der Waals surface area contributed by atoms with E-state index < -0.39 is 16.1 Å². The Morgan fingerprint density at radius 1 is 1.19 bits per heavy atom. The zero-order valence-electron chi connectivity index (χ0n) is 11.2. The fourth-order valence-electron chi connectivity index (χ4n) is 1.82. The van der Waals surface area contributed by atoms with Gasteiger partial charge in [0.25, 0.3) is 0 Å². The molecule has 1 atom stereocenters. The molecule has 0 aliphatic heterocycles. The topological polar surface area (TPSA) is 92.4 Å². The van der Waals surface area contributed by atoms with Crippen LogP contribution in [0.5, 0.6) is 5.75 Å². The van der Waals surface area contributed by atoms with E-state index in [0.717, 1.165) is 10.0 Å². The number of nitrogen functional groups attached to an aromatic ring is 1. The summed E-state index contributed by atoms with van der Waals surface area (Å²) in [6.07, 6.45) is 0. The molecule has 21 heavy (non-hydrogen) atoms. The van der Waals surface area contributed by atoms with Crippen LogP contribution in [-0.2, 0) is 10.0 Å².